The van der Waals surface area contributed by atoms with Crippen molar-refractivity contribution in [3.05, 3.63) is 0 Å². The number of aliphatic hydroxyl groups is 1. The van der Waals surface area contributed by atoms with E-state index >= 15 is 0 Å². The zero-order valence-corrected chi connectivity index (χ0v) is 7.97. The summed E-state index contributed by atoms with van der Waals surface area (Å²) in [6, 6.07) is -0.361. The number of methoxy groups -OCH3 is 1. The number of rotatable bonds is 3. The maximum Gasteiger partial charge on any atom is 0.405 e. The van der Waals surface area contributed by atoms with E-state index in [-0.39, 0.29) is 31.5 Å². The van der Waals surface area contributed by atoms with Gasteiger partial charge in [-0.05, 0) is 0 Å². The van der Waals surface area contributed by atoms with Crippen LogP contribution in [-0.4, -0.2) is 54.9 Å². The second kappa shape index (κ2) is 5.14. The molecule has 0 saturated carbocycles. The van der Waals surface area contributed by atoms with Gasteiger partial charge in [0.15, 0.2) is 0 Å². The second-order valence-electron chi connectivity index (χ2n) is 3.20. The summed E-state index contributed by atoms with van der Waals surface area (Å²) in [5, 5.41) is 19.7. The van der Waals surface area contributed by atoms with E-state index in [4.69, 9.17) is 19.7 Å². The average molecular weight is 205 g/mol. The lowest BCUT2D eigenvalue weighted by Gasteiger charge is -2.34. The van der Waals surface area contributed by atoms with Crippen LogP contribution in [0.25, 0.3) is 0 Å². The smallest absolute Gasteiger partial charge is 0.405 e. The largest absolute Gasteiger partial charge is 0.465 e. The van der Waals surface area contributed by atoms with Crippen LogP contribution < -0.4 is 5.32 Å². The van der Waals surface area contributed by atoms with Crippen molar-refractivity contribution in [1.29, 1.82) is 0 Å². The molecule has 1 fully saturated rings. The highest BCUT2D eigenvalue weighted by Crippen LogP contribution is 2.16. The van der Waals surface area contributed by atoms with Crippen molar-refractivity contribution < 1.29 is 24.5 Å². The highest BCUT2D eigenvalue weighted by atomic mass is 16.5. The summed E-state index contributed by atoms with van der Waals surface area (Å²) in [7, 11) is 1.51. The number of nitrogens with one attached hydrogen (secondary N) is 1. The first-order valence-corrected chi connectivity index (χ1v) is 4.42. The molecule has 0 aromatic carbocycles. The molecule has 1 saturated heterocycles. The molecular formula is C8H15NO5. The summed E-state index contributed by atoms with van der Waals surface area (Å²) < 4.78 is 10.3. The van der Waals surface area contributed by atoms with Gasteiger partial charge in [-0.1, -0.05) is 0 Å². The number of hydrogen-bond acceptors (Lipinski definition) is 4. The van der Waals surface area contributed by atoms with E-state index in [0.717, 1.165) is 0 Å². The Labute approximate surface area is 81.8 Å². The summed E-state index contributed by atoms with van der Waals surface area (Å²) in [4.78, 5) is 10.4. The van der Waals surface area contributed by atoms with Crippen molar-refractivity contribution in [2.75, 3.05) is 20.3 Å². The minimum absolute atomic E-state index is 0.0698. The lowest BCUT2D eigenvalue weighted by Crippen LogP contribution is -2.52. The summed E-state index contributed by atoms with van der Waals surface area (Å²) in [5.74, 6) is 0. The van der Waals surface area contributed by atoms with Crippen LogP contribution in [0.5, 0.6) is 0 Å². The molecule has 3 atom stereocenters. The molecule has 0 bridgehead atoms. The Kier molecular flexibility index (Phi) is 4.12. The van der Waals surface area contributed by atoms with Gasteiger partial charge < -0.3 is 25.0 Å². The Bertz CT molecular complexity index is 198. The van der Waals surface area contributed by atoms with Crippen molar-refractivity contribution in [3.63, 3.8) is 0 Å². The monoisotopic (exact) mass is 205 g/mol. The fraction of sp³-hybridized carbons (Fsp3) is 0.875. The lowest BCUT2D eigenvalue weighted by molar-refractivity contribution is -0.0934. The molecule has 1 rings (SSSR count). The number of amides is 1. The van der Waals surface area contributed by atoms with Crippen molar-refractivity contribution in [3.8, 4) is 0 Å². The van der Waals surface area contributed by atoms with E-state index < -0.39 is 6.09 Å². The van der Waals surface area contributed by atoms with E-state index in [9.17, 15) is 4.79 Å². The molecule has 0 radical (unpaired) electrons. The van der Waals surface area contributed by atoms with Gasteiger partial charge in [0, 0.05) is 13.5 Å². The molecule has 3 N–H and O–H groups in total. The molecule has 6 nitrogen and oxygen atoms in total. The summed E-state index contributed by atoms with van der Waals surface area (Å²) in [6.45, 7) is 0.162. The van der Waals surface area contributed by atoms with Crippen molar-refractivity contribution in [1.82, 2.24) is 5.32 Å². The average Bonchev–Trinajstić information content (AvgIpc) is 2.17. The van der Waals surface area contributed by atoms with Crippen LogP contribution in [0.2, 0.25) is 0 Å². The SMILES string of the molecule is COC1C[C@@H](CO)OC[C@@H]1NC(=O)O. The van der Waals surface area contributed by atoms with E-state index in [1.54, 1.807) is 0 Å². The van der Waals surface area contributed by atoms with E-state index in [0.29, 0.717) is 6.42 Å². The first kappa shape index (κ1) is 11.2. The number of carbonyl (C=O) groups is 1. The normalized spacial score (nSPS) is 32.6. The Morgan fingerprint density at radius 1 is 1.71 bits per heavy atom. The summed E-state index contributed by atoms with van der Waals surface area (Å²) in [5.41, 5.74) is 0. The highest BCUT2D eigenvalue weighted by Gasteiger charge is 2.31. The molecule has 0 aromatic heterocycles. The Balaban J connectivity index is 2.47. The Morgan fingerprint density at radius 3 is 2.93 bits per heavy atom. The van der Waals surface area contributed by atoms with Crippen LogP contribution in [0.1, 0.15) is 6.42 Å². The fourth-order valence-corrected chi connectivity index (χ4v) is 1.52. The molecule has 82 valence electrons. The molecule has 6 heteroatoms. The molecule has 1 heterocycles. The molecule has 1 aliphatic heterocycles. The molecule has 0 spiro atoms. The lowest BCUT2D eigenvalue weighted by atomic mass is 10.0. The van der Waals surface area contributed by atoms with Crippen molar-refractivity contribution in [2.24, 2.45) is 0 Å². The van der Waals surface area contributed by atoms with Gasteiger partial charge in [-0.25, -0.2) is 4.79 Å². The van der Waals surface area contributed by atoms with Crippen LogP contribution >= 0.6 is 0 Å². The molecular weight excluding hydrogens is 190 g/mol. The predicted molar refractivity (Wildman–Crippen MR) is 47.2 cm³/mol. The summed E-state index contributed by atoms with van der Waals surface area (Å²) >= 11 is 0. The van der Waals surface area contributed by atoms with Gasteiger partial charge in [-0.2, -0.15) is 0 Å². The van der Waals surface area contributed by atoms with Crippen molar-refractivity contribution >= 4 is 6.09 Å². The van der Waals surface area contributed by atoms with E-state index in [1.165, 1.54) is 7.11 Å². The van der Waals surface area contributed by atoms with Gasteiger partial charge in [0.1, 0.15) is 0 Å². The van der Waals surface area contributed by atoms with Gasteiger partial charge in [0.2, 0.25) is 0 Å². The zero-order valence-electron chi connectivity index (χ0n) is 7.97. The van der Waals surface area contributed by atoms with Crippen molar-refractivity contribution in [2.45, 2.75) is 24.7 Å². The first-order chi connectivity index (χ1) is 6.67. The molecule has 0 aliphatic carbocycles. The molecule has 1 amide bonds. The molecule has 1 unspecified atom stereocenters. The number of carboxylic acid groups (broad SMARTS) is 1. The third kappa shape index (κ3) is 2.83. The highest BCUT2D eigenvalue weighted by molar-refractivity contribution is 5.65. The van der Waals surface area contributed by atoms with E-state index in [2.05, 4.69) is 5.32 Å². The van der Waals surface area contributed by atoms with Crippen LogP contribution in [0.4, 0.5) is 4.79 Å². The van der Waals surface area contributed by atoms with Crippen LogP contribution in [0.15, 0.2) is 0 Å². The van der Waals surface area contributed by atoms with E-state index in [1.807, 2.05) is 0 Å². The number of hydrogen-bond donors (Lipinski definition) is 3. The molecule has 1 aliphatic rings. The molecule has 14 heavy (non-hydrogen) atoms. The maximum absolute atomic E-state index is 10.4. The minimum atomic E-state index is -1.09. The van der Waals surface area contributed by atoms with Gasteiger partial charge in [-0.3, -0.25) is 0 Å². The van der Waals surface area contributed by atoms with Gasteiger partial charge >= 0.3 is 6.09 Å². The fourth-order valence-electron chi connectivity index (χ4n) is 1.52. The van der Waals surface area contributed by atoms with Gasteiger partial charge in [0.05, 0.1) is 31.5 Å². The summed E-state index contributed by atoms with van der Waals surface area (Å²) in [6.07, 6.45) is -1.09. The van der Waals surface area contributed by atoms with Gasteiger partial charge in [0.25, 0.3) is 0 Å². The van der Waals surface area contributed by atoms with Crippen LogP contribution in [-0.2, 0) is 9.47 Å². The first-order valence-electron chi connectivity index (χ1n) is 4.42. The topological polar surface area (TPSA) is 88.0 Å². The number of ether oxygens (including phenoxy) is 2. The Hall–Kier alpha value is -0.850. The maximum atomic E-state index is 10.4. The second-order valence-corrected chi connectivity index (χ2v) is 3.20. The third-order valence-electron chi connectivity index (χ3n) is 2.27. The molecule has 0 aromatic rings. The third-order valence-corrected chi connectivity index (χ3v) is 2.27. The van der Waals surface area contributed by atoms with Gasteiger partial charge in [-0.15, -0.1) is 0 Å². The predicted octanol–water partition coefficient (Wildman–Crippen LogP) is -0.581. The standard InChI is InChI=1S/C8H15NO5/c1-13-7-2-5(3-10)14-4-6(7)9-8(11)12/h5-7,9-10H,2-4H2,1H3,(H,11,12)/t5-,6-,7?/m0/s1. The number of aliphatic hydroxyl groups excluding tert-OH is 1. The Morgan fingerprint density at radius 2 is 2.43 bits per heavy atom. The minimum Gasteiger partial charge on any atom is -0.465 e. The van der Waals surface area contributed by atoms with Crippen LogP contribution in [0, 0.1) is 0 Å². The zero-order chi connectivity index (χ0) is 10.6. The van der Waals surface area contributed by atoms with Crippen LogP contribution in [0.3, 0.4) is 0 Å². The quantitative estimate of drug-likeness (QED) is 0.573.